The van der Waals surface area contributed by atoms with E-state index in [9.17, 15) is 0 Å². The van der Waals surface area contributed by atoms with Crippen molar-refractivity contribution in [3.05, 3.63) is 65.8 Å². The van der Waals surface area contributed by atoms with Crippen molar-refractivity contribution in [2.75, 3.05) is 21.1 Å². The molecule has 0 radical (unpaired) electrons. The smallest absolute Gasteiger partial charge is 0.137 e. The van der Waals surface area contributed by atoms with E-state index in [4.69, 9.17) is 10.7 Å². The van der Waals surface area contributed by atoms with Crippen LogP contribution >= 0.6 is 0 Å². The number of aromatic nitrogens is 2. The highest BCUT2D eigenvalue weighted by Gasteiger charge is 2.13. The molecule has 116 valence electrons. The van der Waals surface area contributed by atoms with Gasteiger partial charge >= 0.3 is 0 Å². The van der Waals surface area contributed by atoms with Crippen LogP contribution in [0, 0.1) is 6.92 Å². The first-order valence-electron chi connectivity index (χ1n) is 7.36. The Bertz CT molecular complexity index is 730. The van der Waals surface area contributed by atoms with E-state index in [2.05, 4.69) is 17.4 Å². The second-order valence-corrected chi connectivity index (χ2v) is 5.81. The molecule has 22 heavy (non-hydrogen) atoms. The minimum atomic E-state index is 0.748. The van der Waals surface area contributed by atoms with Crippen molar-refractivity contribution >= 4 is 11.2 Å². The normalized spacial score (nSPS) is 14.2. The summed E-state index contributed by atoms with van der Waals surface area (Å²) in [6.07, 6.45) is 10.8. The highest BCUT2D eigenvalue weighted by molar-refractivity contribution is 5.71. The first-order chi connectivity index (χ1) is 10.5. The molecule has 4 nitrogen and oxygen atoms in total. The Hall–Kier alpha value is -2.33. The monoisotopic (exact) mass is 296 g/mol. The molecule has 1 aliphatic carbocycles. The van der Waals surface area contributed by atoms with Crippen molar-refractivity contribution in [2.24, 2.45) is 5.73 Å². The van der Waals surface area contributed by atoms with E-state index in [1.54, 1.807) is 0 Å². The van der Waals surface area contributed by atoms with E-state index >= 15 is 0 Å². The number of rotatable bonds is 1. The lowest BCUT2D eigenvalue weighted by Gasteiger charge is -2.04. The predicted octanol–water partition coefficient (Wildman–Crippen LogP) is 3.01. The molecule has 2 aromatic heterocycles. The van der Waals surface area contributed by atoms with Crippen molar-refractivity contribution in [3.63, 3.8) is 0 Å². The van der Waals surface area contributed by atoms with Gasteiger partial charge < -0.3 is 15.0 Å². The van der Waals surface area contributed by atoms with E-state index in [0.29, 0.717) is 0 Å². The summed E-state index contributed by atoms with van der Waals surface area (Å²) in [7, 11) is 6.00. The highest BCUT2D eigenvalue weighted by Crippen LogP contribution is 2.25. The fourth-order valence-corrected chi connectivity index (χ4v) is 2.27. The van der Waals surface area contributed by atoms with Gasteiger partial charge in [-0.3, -0.25) is 0 Å². The molecule has 0 bridgehead atoms. The molecule has 0 fully saturated rings. The molecule has 0 unspecified atom stereocenters. The Morgan fingerprint density at radius 3 is 2.50 bits per heavy atom. The number of nitrogens with two attached hydrogens (primary N) is 1. The topological polar surface area (TPSA) is 46.6 Å². The Balaban J connectivity index is 0.000000396. The highest BCUT2D eigenvalue weighted by atomic mass is 15.0. The van der Waals surface area contributed by atoms with Crippen LogP contribution in [0.5, 0.6) is 0 Å². The largest absolute Gasteiger partial charge is 0.402 e. The van der Waals surface area contributed by atoms with E-state index in [-0.39, 0.29) is 0 Å². The fourth-order valence-electron chi connectivity index (χ4n) is 2.27. The molecule has 0 atom stereocenters. The van der Waals surface area contributed by atoms with Crippen molar-refractivity contribution in [3.8, 4) is 0 Å². The van der Waals surface area contributed by atoms with Crippen LogP contribution in [0.25, 0.3) is 11.2 Å². The SMILES string of the molecule is CN(C)C.Cc1c(C2=CC=CC=C(N)C2)nc2ccccn12. The first-order valence-corrected chi connectivity index (χ1v) is 7.36. The molecule has 2 aromatic rings. The minimum absolute atomic E-state index is 0.748. The van der Waals surface area contributed by atoms with Gasteiger partial charge in [0.25, 0.3) is 0 Å². The average molecular weight is 296 g/mol. The zero-order chi connectivity index (χ0) is 16.1. The summed E-state index contributed by atoms with van der Waals surface area (Å²) in [6, 6.07) is 6.03. The molecule has 0 aromatic carbocycles. The second-order valence-electron chi connectivity index (χ2n) is 5.81. The summed E-state index contributed by atoms with van der Waals surface area (Å²) in [5.41, 5.74) is 11.1. The molecule has 2 heterocycles. The van der Waals surface area contributed by atoms with Gasteiger partial charge in [-0.05, 0) is 51.8 Å². The van der Waals surface area contributed by atoms with Gasteiger partial charge in [0.15, 0.2) is 0 Å². The van der Waals surface area contributed by atoms with Crippen molar-refractivity contribution in [1.82, 2.24) is 14.3 Å². The predicted molar refractivity (Wildman–Crippen MR) is 93.5 cm³/mol. The Kier molecular flexibility index (Phi) is 5.17. The summed E-state index contributed by atoms with van der Waals surface area (Å²) in [4.78, 5) is 6.69. The number of pyridine rings is 1. The molecule has 0 aliphatic heterocycles. The van der Waals surface area contributed by atoms with Crippen LogP contribution < -0.4 is 5.73 Å². The van der Waals surface area contributed by atoms with E-state index in [1.807, 2.05) is 68.7 Å². The lowest BCUT2D eigenvalue weighted by atomic mass is 10.1. The molecule has 0 saturated carbocycles. The second kappa shape index (κ2) is 7.09. The zero-order valence-corrected chi connectivity index (χ0v) is 13.7. The van der Waals surface area contributed by atoms with Gasteiger partial charge in [-0.25, -0.2) is 4.98 Å². The maximum absolute atomic E-state index is 5.94. The minimum Gasteiger partial charge on any atom is -0.402 e. The van der Waals surface area contributed by atoms with E-state index in [1.165, 1.54) is 5.57 Å². The summed E-state index contributed by atoms with van der Waals surface area (Å²) < 4.78 is 2.10. The number of hydrogen-bond acceptors (Lipinski definition) is 3. The van der Waals surface area contributed by atoms with Crippen LogP contribution in [0.4, 0.5) is 0 Å². The molecular weight excluding hydrogens is 272 g/mol. The van der Waals surface area contributed by atoms with Crippen LogP contribution in [0.2, 0.25) is 0 Å². The zero-order valence-electron chi connectivity index (χ0n) is 13.7. The lowest BCUT2D eigenvalue weighted by molar-refractivity contribution is 0.505. The number of hydrogen-bond donors (Lipinski definition) is 1. The first kappa shape index (κ1) is 16.0. The number of allylic oxidation sites excluding steroid dienone is 5. The standard InChI is InChI=1S/C15H15N3.C3H9N/c1-11-15(12-6-2-3-7-13(16)10-12)17-14-8-4-5-9-18(11)14;1-4(2)3/h2-9H,10,16H2,1H3;1-3H3. The molecule has 0 saturated heterocycles. The van der Waals surface area contributed by atoms with Gasteiger partial charge in [0.05, 0.1) is 5.69 Å². The third kappa shape index (κ3) is 3.86. The Morgan fingerprint density at radius 1 is 1.14 bits per heavy atom. The van der Waals surface area contributed by atoms with Crippen LogP contribution in [0.15, 0.2) is 54.4 Å². The number of fused-ring (bicyclic) bond motifs is 1. The van der Waals surface area contributed by atoms with Gasteiger partial charge in [0.2, 0.25) is 0 Å². The van der Waals surface area contributed by atoms with Crippen molar-refractivity contribution in [2.45, 2.75) is 13.3 Å². The molecule has 4 heteroatoms. The van der Waals surface area contributed by atoms with Crippen molar-refractivity contribution < 1.29 is 0 Å². The molecule has 2 N–H and O–H groups in total. The summed E-state index contributed by atoms with van der Waals surface area (Å²) >= 11 is 0. The molecule has 1 aliphatic rings. The number of aryl methyl sites for hydroxylation is 1. The van der Waals surface area contributed by atoms with Crippen LogP contribution in [-0.4, -0.2) is 35.4 Å². The average Bonchev–Trinajstić information content (AvgIpc) is 2.64. The third-order valence-electron chi connectivity index (χ3n) is 3.19. The van der Waals surface area contributed by atoms with Crippen LogP contribution in [0.1, 0.15) is 17.8 Å². The summed E-state index contributed by atoms with van der Waals surface area (Å²) in [6.45, 7) is 2.09. The molecule has 3 rings (SSSR count). The lowest BCUT2D eigenvalue weighted by Crippen LogP contribution is -1.99. The quantitative estimate of drug-likeness (QED) is 0.880. The summed E-state index contributed by atoms with van der Waals surface area (Å²) in [5, 5.41) is 0. The molecular formula is C18H24N4. The maximum Gasteiger partial charge on any atom is 0.137 e. The van der Waals surface area contributed by atoms with Gasteiger partial charge in [-0.1, -0.05) is 24.3 Å². The molecule has 0 spiro atoms. The maximum atomic E-state index is 5.94. The van der Waals surface area contributed by atoms with Gasteiger partial charge in [-0.15, -0.1) is 0 Å². The number of imidazole rings is 1. The number of nitrogens with zero attached hydrogens (tertiary/aromatic N) is 3. The Labute approximate surface area is 132 Å². The Morgan fingerprint density at radius 2 is 1.82 bits per heavy atom. The van der Waals surface area contributed by atoms with Crippen LogP contribution in [-0.2, 0) is 0 Å². The molecule has 0 amide bonds. The van der Waals surface area contributed by atoms with Gasteiger partial charge in [-0.2, -0.15) is 0 Å². The fraction of sp³-hybridized carbons (Fsp3) is 0.278. The van der Waals surface area contributed by atoms with Crippen LogP contribution in [0.3, 0.4) is 0 Å². The van der Waals surface area contributed by atoms with E-state index < -0.39 is 0 Å². The summed E-state index contributed by atoms with van der Waals surface area (Å²) in [5.74, 6) is 0. The van der Waals surface area contributed by atoms with Gasteiger partial charge in [0, 0.05) is 24.0 Å². The van der Waals surface area contributed by atoms with Gasteiger partial charge in [0.1, 0.15) is 5.65 Å². The van der Waals surface area contributed by atoms with E-state index in [0.717, 1.165) is 29.2 Å². The third-order valence-corrected chi connectivity index (χ3v) is 3.19. The van der Waals surface area contributed by atoms with Crippen molar-refractivity contribution in [1.29, 1.82) is 0 Å².